The van der Waals surface area contributed by atoms with E-state index in [1.807, 2.05) is 0 Å². The van der Waals surface area contributed by atoms with E-state index < -0.39 is 10.0 Å². The van der Waals surface area contributed by atoms with Gasteiger partial charge in [0.15, 0.2) is 0 Å². The smallest absolute Gasteiger partial charge is 0.250 e. The van der Waals surface area contributed by atoms with Crippen molar-refractivity contribution < 1.29 is 13.2 Å². The first-order chi connectivity index (χ1) is 10.6. The summed E-state index contributed by atoms with van der Waals surface area (Å²) in [6.07, 6.45) is 2.00. The van der Waals surface area contributed by atoms with E-state index in [0.29, 0.717) is 11.8 Å². The fourth-order valence-electron chi connectivity index (χ4n) is 3.22. The molecule has 3 rings (SSSR count). The van der Waals surface area contributed by atoms with Crippen LogP contribution in [-0.4, -0.2) is 51.9 Å². The SMILES string of the molecule is Cl.O=C(CNS(=O)(=O)c1cccs1)N1CC[C@@H]2CNC[C@@H]2CC1. The third-order valence-corrected chi connectivity index (χ3v) is 7.34. The van der Waals surface area contributed by atoms with Crippen LogP contribution in [0, 0.1) is 11.8 Å². The number of carbonyl (C=O) groups is 1. The molecule has 2 aliphatic rings. The van der Waals surface area contributed by atoms with Crippen molar-refractivity contribution in [3.05, 3.63) is 17.5 Å². The van der Waals surface area contributed by atoms with Gasteiger partial charge in [-0.15, -0.1) is 23.7 Å². The van der Waals surface area contributed by atoms with E-state index in [4.69, 9.17) is 0 Å². The van der Waals surface area contributed by atoms with Gasteiger partial charge in [-0.25, -0.2) is 13.1 Å². The molecule has 2 atom stereocenters. The average Bonchev–Trinajstić information content (AvgIpc) is 3.14. The molecule has 0 aliphatic carbocycles. The van der Waals surface area contributed by atoms with Crippen molar-refractivity contribution in [2.75, 3.05) is 32.7 Å². The van der Waals surface area contributed by atoms with E-state index in [-0.39, 0.29) is 29.1 Å². The van der Waals surface area contributed by atoms with Gasteiger partial charge in [0.1, 0.15) is 4.21 Å². The highest BCUT2D eigenvalue weighted by Gasteiger charge is 2.31. The van der Waals surface area contributed by atoms with Crippen molar-refractivity contribution in [3.8, 4) is 0 Å². The fraction of sp³-hybridized carbons (Fsp3) is 0.643. The van der Waals surface area contributed by atoms with Gasteiger partial charge in [-0.3, -0.25) is 4.79 Å². The first-order valence-electron chi connectivity index (χ1n) is 7.58. The molecule has 2 fully saturated rings. The van der Waals surface area contributed by atoms with Crippen molar-refractivity contribution >= 4 is 39.7 Å². The number of halogens is 1. The predicted molar refractivity (Wildman–Crippen MR) is 92.4 cm³/mol. The Kier molecular flexibility index (Phi) is 6.44. The number of hydrogen-bond donors (Lipinski definition) is 2. The van der Waals surface area contributed by atoms with Crippen LogP contribution in [0.25, 0.3) is 0 Å². The third kappa shape index (κ3) is 4.45. The zero-order valence-electron chi connectivity index (χ0n) is 12.7. The summed E-state index contributed by atoms with van der Waals surface area (Å²) in [6, 6.07) is 3.22. The van der Waals surface area contributed by atoms with Crippen LogP contribution in [-0.2, 0) is 14.8 Å². The molecule has 1 aromatic heterocycles. The topological polar surface area (TPSA) is 78.5 Å². The Balaban J connectivity index is 0.00000192. The highest BCUT2D eigenvalue weighted by atomic mass is 35.5. The van der Waals surface area contributed by atoms with Gasteiger partial charge in [-0.2, -0.15) is 0 Å². The maximum atomic E-state index is 12.3. The molecule has 1 amide bonds. The largest absolute Gasteiger partial charge is 0.342 e. The second kappa shape index (κ2) is 7.94. The van der Waals surface area contributed by atoms with Crippen LogP contribution in [0.1, 0.15) is 12.8 Å². The summed E-state index contributed by atoms with van der Waals surface area (Å²) in [5.74, 6) is 1.18. The molecular weight excluding hydrogens is 358 g/mol. The highest BCUT2D eigenvalue weighted by molar-refractivity contribution is 7.91. The molecule has 0 unspecified atom stereocenters. The number of amides is 1. The molecule has 0 spiro atoms. The monoisotopic (exact) mass is 379 g/mol. The number of thiophene rings is 1. The molecule has 0 bridgehead atoms. The van der Waals surface area contributed by atoms with Gasteiger partial charge in [0.2, 0.25) is 5.91 Å². The number of nitrogens with one attached hydrogen (secondary N) is 2. The second-order valence-electron chi connectivity index (χ2n) is 5.89. The molecule has 0 saturated carbocycles. The summed E-state index contributed by atoms with van der Waals surface area (Å²) in [5, 5.41) is 5.11. The minimum atomic E-state index is -3.56. The summed E-state index contributed by atoms with van der Waals surface area (Å²) >= 11 is 1.15. The Morgan fingerprint density at radius 1 is 1.30 bits per heavy atom. The highest BCUT2D eigenvalue weighted by Crippen LogP contribution is 2.27. The first-order valence-corrected chi connectivity index (χ1v) is 9.94. The molecule has 2 saturated heterocycles. The molecule has 9 heteroatoms. The fourth-order valence-corrected chi connectivity index (χ4v) is 5.24. The average molecular weight is 380 g/mol. The van der Waals surface area contributed by atoms with E-state index in [2.05, 4.69) is 10.0 Å². The number of rotatable bonds is 4. The van der Waals surface area contributed by atoms with Crippen LogP contribution in [0.3, 0.4) is 0 Å². The van der Waals surface area contributed by atoms with E-state index in [0.717, 1.165) is 50.4 Å². The van der Waals surface area contributed by atoms with E-state index >= 15 is 0 Å². The number of nitrogens with zero attached hydrogens (tertiary/aromatic N) is 1. The lowest BCUT2D eigenvalue weighted by Crippen LogP contribution is -2.40. The molecule has 2 aliphatic heterocycles. The van der Waals surface area contributed by atoms with Crippen molar-refractivity contribution in [1.29, 1.82) is 0 Å². The summed E-state index contributed by atoms with van der Waals surface area (Å²) in [5.41, 5.74) is 0. The third-order valence-electron chi connectivity index (χ3n) is 4.55. The quantitative estimate of drug-likeness (QED) is 0.815. The van der Waals surface area contributed by atoms with Crippen molar-refractivity contribution in [3.63, 3.8) is 0 Å². The molecular formula is C14H22ClN3O3S2. The molecule has 2 N–H and O–H groups in total. The molecule has 3 heterocycles. The molecule has 130 valence electrons. The molecule has 6 nitrogen and oxygen atoms in total. The van der Waals surface area contributed by atoms with Crippen LogP contribution >= 0.6 is 23.7 Å². The Morgan fingerprint density at radius 2 is 1.96 bits per heavy atom. The predicted octanol–water partition coefficient (Wildman–Crippen LogP) is 0.906. The molecule has 0 radical (unpaired) electrons. The lowest BCUT2D eigenvalue weighted by atomic mass is 9.92. The summed E-state index contributed by atoms with van der Waals surface area (Å²) in [7, 11) is -3.56. The Bertz CT molecular complexity index is 607. The van der Waals surface area contributed by atoms with Gasteiger partial charge in [-0.1, -0.05) is 6.07 Å². The van der Waals surface area contributed by atoms with Gasteiger partial charge < -0.3 is 10.2 Å². The maximum absolute atomic E-state index is 12.3. The summed E-state index contributed by atoms with van der Waals surface area (Å²) < 4.78 is 26.7. The lowest BCUT2D eigenvalue weighted by molar-refractivity contribution is -0.129. The minimum absolute atomic E-state index is 0. The number of likely N-dealkylation sites (tertiary alicyclic amines) is 1. The van der Waals surface area contributed by atoms with Gasteiger partial charge in [0, 0.05) is 13.1 Å². The Hall–Kier alpha value is -0.670. The second-order valence-corrected chi connectivity index (χ2v) is 8.83. The minimum Gasteiger partial charge on any atom is -0.342 e. The Labute approximate surface area is 147 Å². The van der Waals surface area contributed by atoms with Gasteiger partial charge in [0.05, 0.1) is 6.54 Å². The summed E-state index contributed by atoms with van der Waals surface area (Å²) in [6.45, 7) is 3.37. The number of fused-ring (bicyclic) bond motifs is 1. The Morgan fingerprint density at radius 3 is 2.52 bits per heavy atom. The van der Waals surface area contributed by atoms with Gasteiger partial charge >= 0.3 is 0 Å². The zero-order valence-corrected chi connectivity index (χ0v) is 15.2. The molecule has 23 heavy (non-hydrogen) atoms. The number of carbonyl (C=O) groups excluding carboxylic acids is 1. The normalized spacial score (nSPS) is 24.6. The zero-order chi connectivity index (χ0) is 15.6. The number of sulfonamides is 1. The van der Waals surface area contributed by atoms with Crippen LogP contribution in [0.2, 0.25) is 0 Å². The molecule has 0 aromatic carbocycles. The van der Waals surface area contributed by atoms with Crippen LogP contribution in [0.4, 0.5) is 0 Å². The van der Waals surface area contributed by atoms with Crippen LogP contribution in [0.15, 0.2) is 21.7 Å². The standard InChI is InChI=1S/C14H21N3O3S2.ClH/c18-13(10-16-22(19,20)14-2-1-7-21-14)17-5-3-11-8-15-9-12(11)4-6-17;/h1-2,7,11-12,15-16H,3-6,8-10H2;1H/t11-,12+;. The van der Waals surface area contributed by atoms with Crippen LogP contribution < -0.4 is 10.0 Å². The van der Waals surface area contributed by atoms with Crippen LogP contribution in [0.5, 0.6) is 0 Å². The van der Waals surface area contributed by atoms with Crippen molar-refractivity contribution in [2.24, 2.45) is 11.8 Å². The first kappa shape index (κ1) is 18.7. The van der Waals surface area contributed by atoms with Crippen molar-refractivity contribution in [2.45, 2.75) is 17.1 Å². The maximum Gasteiger partial charge on any atom is 0.250 e. The van der Waals surface area contributed by atoms with E-state index in [1.54, 1.807) is 16.3 Å². The molecule has 1 aromatic rings. The van der Waals surface area contributed by atoms with Gasteiger partial charge in [0.25, 0.3) is 10.0 Å². The van der Waals surface area contributed by atoms with E-state index in [9.17, 15) is 13.2 Å². The lowest BCUT2D eigenvalue weighted by Gasteiger charge is -2.21. The van der Waals surface area contributed by atoms with Gasteiger partial charge in [-0.05, 0) is 49.2 Å². The summed E-state index contributed by atoms with van der Waals surface area (Å²) in [4.78, 5) is 14.1. The number of hydrogen-bond acceptors (Lipinski definition) is 5. The van der Waals surface area contributed by atoms with Crippen molar-refractivity contribution in [1.82, 2.24) is 14.9 Å². The van der Waals surface area contributed by atoms with E-state index in [1.165, 1.54) is 6.07 Å².